The van der Waals surface area contributed by atoms with Gasteiger partial charge >= 0.3 is 6.18 Å². The number of benzene rings is 2. The van der Waals surface area contributed by atoms with E-state index in [-0.39, 0.29) is 5.56 Å². The predicted molar refractivity (Wildman–Crippen MR) is 90.0 cm³/mol. The maximum absolute atomic E-state index is 13.4. The van der Waals surface area contributed by atoms with E-state index >= 15 is 0 Å². The summed E-state index contributed by atoms with van der Waals surface area (Å²) < 4.78 is 40.3. The normalized spacial score (nSPS) is 11.8. The second-order valence-corrected chi connectivity index (χ2v) is 5.23. The molecule has 0 saturated heterocycles. The Morgan fingerprint density at radius 2 is 1.50 bits per heavy atom. The van der Waals surface area contributed by atoms with Gasteiger partial charge in [-0.15, -0.1) is 0 Å². The predicted octanol–water partition coefficient (Wildman–Crippen LogP) is 5.94. The van der Waals surface area contributed by atoms with E-state index in [9.17, 15) is 13.2 Å². The molecule has 0 saturated carbocycles. The van der Waals surface area contributed by atoms with Crippen molar-refractivity contribution in [2.45, 2.75) is 6.18 Å². The summed E-state index contributed by atoms with van der Waals surface area (Å²) in [5, 5.41) is 0. The molecule has 0 aliphatic heterocycles. The smallest absolute Gasteiger partial charge is 0.256 e. The minimum absolute atomic E-state index is 0.0952. The molecule has 0 atom stereocenters. The molecular weight excluding hydrogens is 311 g/mol. The SMILES string of the molecule is FC(F)(F)c1cccc(/C=C/c2ccccc2)c1-c1ccccn1. The summed E-state index contributed by atoms with van der Waals surface area (Å²) >= 11 is 0. The third kappa shape index (κ3) is 3.54. The molecular formula is C20H14F3N. The van der Waals surface area contributed by atoms with E-state index < -0.39 is 11.7 Å². The Hall–Kier alpha value is -2.88. The van der Waals surface area contributed by atoms with Crippen LogP contribution in [0.15, 0.2) is 72.9 Å². The number of aromatic nitrogens is 1. The summed E-state index contributed by atoms with van der Waals surface area (Å²) in [6.07, 6.45) is 0.535. The Kier molecular flexibility index (Phi) is 4.47. The molecule has 3 rings (SSSR count). The largest absolute Gasteiger partial charge is 0.417 e. The fourth-order valence-electron chi connectivity index (χ4n) is 2.49. The molecule has 0 amide bonds. The topological polar surface area (TPSA) is 12.9 Å². The third-order valence-corrected chi connectivity index (χ3v) is 3.58. The number of hydrogen-bond acceptors (Lipinski definition) is 1. The van der Waals surface area contributed by atoms with Gasteiger partial charge in [0.2, 0.25) is 0 Å². The highest BCUT2D eigenvalue weighted by atomic mass is 19.4. The maximum Gasteiger partial charge on any atom is 0.417 e. The van der Waals surface area contributed by atoms with E-state index in [1.54, 1.807) is 36.4 Å². The van der Waals surface area contributed by atoms with E-state index in [1.807, 2.05) is 30.3 Å². The van der Waals surface area contributed by atoms with Gasteiger partial charge in [0, 0.05) is 11.8 Å². The average Bonchev–Trinajstić information content (AvgIpc) is 2.60. The molecule has 1 heterocycles. The molecule has 0 radical (unpaired) electrons. The van der Waals surface area contributed by atoms with Gasteiger partial charge in [-0.25, -0.2) is 0 Å². The van der Waals surface area contributed by atoms with Crippen LogP contribution in [-0.2, 0) is 6.18 Å². The van der Waals surface area contributed by atoms with E-state index in [0.717, 1.165) is 11.6 Å². The lowest BCUT2D eigenvalue weighted by Gasteiger charge is -2.15. The zero-order valence-electron chi connectivity index (χ0n) is 12.7. The second kappa shape index (κ2) is 6.71. The third-order valence-electron chi connectivity index (χ3n) is 3.58. The van der Waals surface area contributed by atoms with Crippen LogP contribution in [0.25, 0.3) is 23.4 Å². The first-order chi connectivity index (χ1) is 11.6. The van der Waals surface area contributed by atoms with Gasteiger partial charge in [0.05, 0.1) is 11.3 Å². The van der Waals surface area contributed by atoms with Gasteiger partial charge in [0.1, 0.15) is 0 Å². The lowest BCUT2D eigenvalue weighted by atomic mass is 9.96. The van der Waals surface area contributed by atoms with Crippen LogP contribution in [0.4, 0.5) is 13.2 Å². The van der Waals surface area contributed by atoms with E-state index in [2.05, 4.69) is 4.98 Å². The van der Waals surface area contributed by atoms with Crippen LogP contribution in [0, 0.1) is 0 Å². The molecule has 4 heteroatoms. The Labute approximate surface area is 138 Å². The Morgan fingerprint density at radius 1 is 0.750 bits per heavy atom. The molecule has 0 aliphatic carbocycles. The minimum atomic E-state index is -4.44. The average molecular weight is 325 g/mol. The van der Waals surface area contributed by atoms with Gasteiger partial charge < -0.3 is 0 Å². The van der Waals surface area contributed by atoms with Crippen molar-refractivity contribution in [3.05, 3.63) is 89.6 Å². The molecule has 3 aromatic rings. The zero-order chi connectivity index (χ0) is 17.0. The van der Waals surface area contributed by atoms with Crippen LogP contribution < -0.4 is 0 Å². The molecule has 2 aromatic carbocycles. The summed E-state index contributed by atoms with van der Waals surface area (Å²) in [5.41, 5.74) is 1.11. The molecule has 0 spiro atoms. The van der Waals surface area contributed by atoms with Crippen LogP contribution in [0.2, 0.25) is 0 Å². The summed E-state index contributed by atoms with van der Waals surface area (Å²) in [7, 11) is 0. The van der Waals surface area contributed by atoms with Crippen LogP contribution in [0.1, 0.15) is 16.7 Å². The number of hydrogen-bond donors (Lipinski definition) is 0. The first kappa shape index (κ1) is 16.0. The zero-order valence-corrected chi connectivity index (χ0v) is 12.7. The number of halogens is 3. The number of pyridine rings is 1. The molecule has 0 bridgehead atoms. The fourth-order valence-corrected chi connectivity index (χ4v) is 2.49. The quantitative estimate of drug-likeness (QED) is 0.543. The first-order valence-electron chi connectivity index (χ1n) is 7.40. The molecule has 0 N–H and O–H groups in total. The van der Waals surface area contributed by atoms with E-state index in [1.165, 1.54) is 12.3 Å². The van der Waals surface area contributed by atoms with Gasteiger partial charge in [0.25, 0.3) is 0 Å². The Bertz CT molecular complexity index is 838. The van der Waals surface area contributed by atoms with Gasteiger partial charge in [-0.1, -0.05) is 60.7 Å². The van der Waals surface area contributed by atoms with Crippen molar-refractivity contribution in [2.75, 3.05) is 0 Å². The lowest BCUT2D eigenvalue weighted by molar-refractivity contribution is -0.137. The van der Waals surface area contributed by atoms with Crippen molar-refractivity contribution in [2.24, 2.45) is 0 Å². The minimum Gasteiger partial charge on any atom is -0.256 e. The van der Waals surface area contributed by atoms with Crippen LogP contribution in [0.3, 0.4) is 0 Å². The standard InChI is InChI=1S/C20H14F3N/c21-20(22,23)17-10-6-9-16(13-12-15-7-2-1-3-8-15)19(17)18-11-4-5-14-24-18/h1-14H/b13-12+. The molecule has 1 nitrogen and oxygen atoms in total. The molecule has 120 valence electrons. The maximum atomic E-state index is 13.4. The van der Waals surface area contributed by atoms with Gasteiger partial charge in [-0.3, -0.25) is 4.98 Å². The second-order valence-electron chi connectivity index (χ2n) is 5.23. The van der Waals surface area contributed by atoms with Crippen molar-refractivity contribution in [1.82, 2.24) is 4.98 Å². The highest BCUT2D eigenvalue weighted by molar-refractivity contribution is 5.81. The molecule has 24 heavy (non-hydrogen) atoms. The monoisotopic (exact) mass is 325 g/mol. The van der Waals surface area contributed by atoms with Crippen LogP contribution >= 0.6 is 0 Å². The van der Waals surface area contributed by atoms with E-state index in [0.29, 0.717) is 11.3 Å². The summed E-state index contributed by atoms with van der Waals surface area (Å²) in [6.45, 7) is 0. The Balaban J connectivity index is 2.14. The van der Waals surface area contributed by atoms with Gasteiger partial charge in [-0.2, -0.15) is 13.2 Å². The summed E-state index contributed by atoms with van der Waals surface area (Å²) in [6, 6.07) is 18.6. The fraction of sp³-hybridized carbons (Fsp3) is 0.0500. The molecule has 0 aliphatic rings. The highest BCUT2D eigenvalue weighted by Gasteiger charge is 2.34. The lowest BCUT2D eigenvalue weighted by Crippen LogP contribution is -2.08. The van der Waals surface area contributed by atoms with Gasteiger partial charge in [0.15, 0.2) is 0 Å². The van der Waals surface area contributed by atoms with Gasteiger partial charge in [-0.05, 0) is 29.3 Å². The van der Waals surface area contributed by atoms with Crippen molar-refractivity contribution in [1.29, 1.82) is 0 Å². The highest BCUT2D eigenvalue weighted by Crippen LogP contribution is 2.38. The number of nitrogens with zero attached hydrogens (tertiary/aromatic N) is 1. The Morgan fingerprint density at radius 3 is 2.17 bits per heavy atom. The van der Waals surface area contributed by atoms with Crippen molar-refractivity contribution >= 4 is 12.2 Å². The van der Waals surface area contributed by atoms with Crippen LogP contribution in [0.5, 0.6) is 0 Å². The summed E-state index contributed by atoms with van der Waals surface area (Å²) in [4.78, 5) is 4.10. The number of alkyl halides is 3. The van der Waals surface area contributed by atoms with Crippen molar-refractivity contribution < 1.29 is 13.2 Å². The molecule has 1 aromatic heterocycles. The van der Waals surface area contributed by atoms with E-state index in [4.69, 9.17) is 0 Å². The molecule has 0 fully saturated rings. The summed E-state index contributed by atoms with van der Waals surface area (Å²) in [5.74, 6) is 0. The van der Waals surface area contributed by atoms with Crippen LogP contribution in [-0.4, -0.2) is 4.98 Å². The van der Waals surface area contributed by atoms with Crippen molar-refractivity contribution in [3.63, 3.8) is 0 Å². The first-order valence-corrected chi connectivity index (χ1v) is 7.40. The number of rotatable bonds is 3. The molecule has 0 unspecified atom stereocenters. The van der Waals surface area contributed by atoms with Crippen molar-refractivity contribution in [3.8, 4) is 11.3 Å².